The SMILES string of the molecule is CC(C)c1cc(N2CC(CN)CCC2C)ncn1. The summed E-state index contributed by atoms with van der Waals surface area (Å²) in [6, 6.07) is 2.67. The minimum absolute atomic E-state index is 0.442. The van der Waals surface area contributed by atoms with Gasteiger partial charge in [0.1, 0.15) is 12.1 Å². The summed E-state index contributed by atoms with van der Waals surface area (Å²) < 4.78 is 0. The van der Waals surface area contributed by atoms with Crippen molar-refractivity contribution in [2.75, 3.05) is 18.0 Å². The highest BCUT2D eigenvalue weighted by Gasteiger charge is 2.25. The van der Waals surface area contributed by atoms with Crippen molar-refractivity contribution in [3.8, 4) is 0 Å². The van der Waals surface area contributed by atoms with Crippen LogP contribution in [0.3, 0.4) is 0 Å². The summed E-state index contributed by atoms with van der Waals surface area (Å²) in [5.74, 6) is 2.09. The maximum absolute atomic E-state index is 5.81. The Morgan fingerprint density at radius 1 is 1.39 bits per heavy atom. The van der Waals surface area contributed by atoms with Crippen molar-refractivity contribution >= 4 is 5.82 Å². The molecule has 0 bridgehead atoms. The van der Waals surface area contributed by atoms with E-state index in [1.807, 2.05) is 0 Å². The lowest BCUT2D eigenvalue weighted by Gasteiger charge is -2.38. The molecule has 2 heterocycles. The molecule has 100 valence electrons. The van der Waals surface area contributed by atoms with Crippen molar-refractivity contribution in [3.05, 3.63) is 18.1 Å². The van der Waals surface area contributed by atoms with Crippen LogP contribution in [0.5, 0.6) is 0 Å². The fourth-order valence-electron chi connectivity index (χ4n) is 2.53. The van der Waals surface area contributed by atoms with Gasteiger partial charge in [-0.25, -0.2) is 9.97 Å². The Labute approximate surface area is 110 Å². The highest BCUT2D eigenvalue weighted by Crippen LogP contribution is 2.26. The highest BCUT2D eigenvalue weighted by molar-refractivity contribution is 5.41. The van der Waals surface area contributed by atoms with Crippen molar-refractivity contribution in [2.45, 2.75) is 45.6 Å². The minimum atomic E-state index is 0.442. The average Bonchev–Trinajstić information content (AvgIpc) is 2.39. The van der Waals surface area contributed by atoms with E-state index in [0.29, 0.717) is 17.9 Å². The molecule has 1 aromatic rings. The normalized spacial score (nSPS) is 24.6. The molecule has 0 saturated carbocycles. The first kappa shape index (κ1) is 13.3. The van der Waals surface area contributed by atoms with E-state index in [-0.39, 0.29) is 0 Å². The Balaban J connectivity index is 2.20. The average molecular weight is 248 g/mol. The summed E-state index contributed by atoms with van der Waals surface area (Å²) in [5, 5.41) is 0. The molecule has 18 heavy (non-hydrogen) atoms. The van der Waals surface area contributed by atoms with Gasteiger partial charge >= 0.3 is 0 Å². The first-order valence-electron chi connectivity index (χ1n) is 6.90. The molecular formula is C14H24N4. The molecule has 0 spiro atoms. The summed E-state index contributed by atoms with van der Waals surface area (Å²) in [4.78, 5) is 11.2. The molecule has 2 unspecified atom stereocenters. The van der Waals surface area contributed by atoms with E-state index in [1.165, 1.54) is 12.8 Å². The van der Waals surface area contributed by atoms with E-state index in [4.69, 9.17) is 5.73 Å². The molecule has 0 radical (unpaired) electrons. The molecule has 2 N–H and O–H groups in total. The van der Waals surface area contributed by atoms with Crippen LogP contribution in [0.4, 0.5) is 5.82 Å². The molecule has 1 saturated heterocycles. The monoisotopic (exact) mass is 248 g/mol. The number of rotatable bonds is 3. The second-order valence-corrected chi connectivity index (χ2v) is 5.64. The van der Waals surface area contributed by atoms with Gasteiger partial charge in [-0.05, 0) is 38.1 Å². The van der Waals surface area contributed by atoms with Gasteiger partial charge in [0.15, 0.2) is 0 Å². The third kappa shape index (κ3) is 2.80. The molecule has 1 aliphatic rings. The second kappa shape index (κ2) is 5.65. The Kier molecular flexibility index (Phi) is 4.17. The number of nitrogens with two attached hydrogens (primary N) is 1. The zero-order valence-electron chi connectivity index (χ0n) is 11.6. The van der Waals surface area contributed by atoms with Gasteiger partial charge in [0.25, 0.3) is 0 Å². The predicted molar refractivity (Wildman–Crippen MR) is 74.7 cm³/mol. The molecule has 0 aliphatic carbocycles. The number of nitrogens with zero attached hydrogens (tertiary/aromatic N) is 3. The van der Waals surface area contributed by atoms with Gasteiger partial charge in [-0.1, -0.05) is 13.8 Å². The summed E-state index contributed by atoms with van der Waals surface area (Å²) >= 11 is 0. The third-order valence-electron chi connectivity index (χ3n) is 3.87. The molecule has 2 rings (SSSR count). The van der Waals surface area contributed by atoms with E-state index in [1.54, 1.807) is 6.33 Å². The summed E-state index contributed by atoms with van der Waals surface area (Å²) in [7, 11) is 0. The van der Waals surface area contributed by atoms with Crippen LogP contribution >= 0.6 is 0 Å². The third-order valence-corrected chi connectivity index (χ3v) is 3.87. The van der Waals surface area contributed by atoms with E-state index < -0.39 is 0 Å². The van der Waals surface area contributed by atoms with Crippen LogP contribution in [0.1, 0.15) is 45.2 Å². The highest BCUT2D eigenvalue weighted by atomic mass is 15.2. The van der Waals surface area contributed by atoms with Crippen LogP contribution in [0, 0.1) is 5.92 Å². The largest absolute Gasteiger partial charge is 0.353 e. The lowest BCUT2D eigenvalue weighted by atomic mass is 9.93. The number of hydrogen-bond acceptors (Lipinski definition) is 4. The van der Waals surface area contributed by atoms with Crippen LogP contribution in [-0.2, 0) is 0 Å². The van der Waals surface area contributed by atoms with E-state index in [2.05, 4.69) is 41.7 Å². The Hall–Kier alpha value is -1.16. The van der Waals surface area contributed by atoms with E-state index in [9.17, 15) is 0 Å². The smallest absolute Gasteiger partial charge is 0.132 e. The predicted octanol–water partition coefficient (Wildman–Crippen LogP) is 2.16. The van der Waals surface area contributed by atoms with Crippen LogP contribution in [0.25, 0.3) is 0 Å². The van der Waals surface area contributed by atoms with Gasteiger partial charge in [-0.15, -0.1) is 0 Å². The molecule has 1 aliphatic heterocycles. The summed E-state index contributed by atoms with van der Waals surface area (Å²) in [6.07, 6.45) is 4.11. The zero-order chi connectivity index (χ0) is 13.1. The summed E-state index contributed by atoms with van der Waals surface area (Å²) in [6.45, 7) is 8.38. The van der Waals surface area contributed by atoms with Crippen molar-refractivity contribution in [3.63, 3.8) is 0 Å². The standard InChI is InChI=1S/C14H24N4/c1-10(2)13-6-14(17-9-16-13)18-8-12(7-15)5-4-11(18)3/h6,9-12H,4-5,7-8,15H2,1-3H3. The summed E-state index contributed by atoms with van der Waals surface area (Å²) in [5.41, 5.74) is 6.92. The van der Waals surface area contributed by atoms with Crippen LogP contribution in [-0.4, -0.2) is 29.1 Å². The van der Waals surface area contributed by atoms with Crippen LogP contribution in [0.15, 0.2) is 12.4 Å². The van der Waals surface area contributed by atoms with Gasteiger partial charge < -0.3 is 10.6 Å². The van der Waals surface area contributed by atoms with Crippen molar-refractivity contribution in [1.29, 1.82) is 0 Å². The van der Waals surface area contributed by atoms with Crippen molar-refractivity contribution < 1.29 is 0 Å². The molecule has 0 amide bonds. The van der Waals surface area contributed by atoms with Crippen molar-refractivity contribution in [1.82, 2.24) is 9.97 Å². The quantitative estimate of drug-likeness (QED) is 0.890. The fourth-order valence-corrected chi connectivity index (χ4v) is 2.53. The number of aromatic nitrogens is 2. The molecule has 1 fully saturated rings. The van der Waals surface area contributed by atoms with Gasteiger partial charge in [0.05, 0.1) is 0 Å². The Morgan fingerprint density at radius 3 is 2.83 bits per heavy atom. The minimum Gasteiger partial charge on any atom is -0.353 e. The molecule has 2 atom stereocenters. The second-order valence-electron chi connectivity index (χ2n) is 5.64. The van der Waals surface area contributed by atoms with E-state index >= 15 is 0 Å². The molecule has 4 nitrogen and oxygen atoms in total. The number of anilines is 1. The van der Waals surface area contributed by atoms with Gasteiger partial charge in [-0.3, -0.25) is 0 Å². The maximum Gasteiger partial charge on any atom is 0.132 e. The number of hydrogen-bond donors (Lipinski definition) is 1. The molecule has 4 heteroatoms. The fraction of sp³-hybridized carbons (Fsp3) is 0.714. The van der Waals surface area contributed by atoms with Crippen LogP contribution < -0.4 is 10.6 Å². The van der Waals surface area contributed by atoms with Gasteiger partial charge in [0.2, 0.25) is 0 Å². The first-order chi connectivity index (χ1) is 8.61. The first-order valence-corrected chi connectivity index (χ1v) is 6.90. The van der Waals surface area contributed by atoms with Gasteiger partial charge in [-0.2, -0.15) is 0 Å². The lowest BCUT2D eigenvalue weighted by Crippen LogP contribution is -2.44. The molecular weight excluding hydrogens is 224 g/mol. The van der Waals surface area contributed by atoms with Crippen molar-refractivity contribution in [2.24, 2.45) is 11.7 Å². The van der Waals surface area contributed by atoms with Crippen LogP contribution in [0.2, 0.25) is 0 Å². The topological polar surface area (TPSA) is 55.0 Å². The van der Waals surface area contributed by atoms with E-state index in [0.717, 1.165) is 24.6 Å². The lowest BCUT2D eigenvalue weighted by molar-refractivity contribution is 0.371. The number of piperidine rings is 1. The Morgan fingerprint density at radius 2 is 2.17 bits per heavy atom. The maximum atomic E-state index is 5.81. The van der Waals surface area contributed by atoms with Gasteiger partial charge in [0, 0.05) is 24.3 Å². The Bertz CT molecular complexity index is 391. The zero-order valence-corrected chi connectivity index (χ0v) is 11.6. The molecule has 0 aromatic carbocycles. The molecule has 1 aromatic heterocycles.